The van der Waals surface area contributed by atoms with E-state index in [-0.39, 0.29) is 6.42 Å². The molecule has 1 saturated heterocycles. The van der Waals surface area contributed by atoms with Gasteiger partial charge in [0.05, 0.1) is 6.00 Å². The first-order valence-corrected chi connectivity index (χ1v) is 4.04. The number of hydrogen-bond acceptors (Lipinski definition) is 4. The van der Waals surface area contributed by atoms with Crippen LogP contribution in [-0.2, 0) is 4.74 Å². The minimum Gasteiger partial charge on any atom is -0.390 e. The molecule has 0 aliphatic carbocycles. The first kappa shape index (κ1) is 10.9. The predicted molar refractivity (Wildman–Crippen MR) is 42.8 cm³/mol. The lowest BCUT2D eigenvalue weighted by Crippen LogP contribution is -2.51. The Kier molecular flexibility index (Phi) is 2.69. The van der Waals surface area contributed by atoms with Crippen LogP contribution in [0.5, 0.6) is 0 Å². The van der Waals surface area contributed by atoms with Crippen molar-refractivity contribution in [2.24, 2.45) is 0 Å². The van der Waals surface area contributed by atoms with Crippen LogP contribution in [-0.4, -0.2) is 53.3 Å². The second-order valence-electron chi connectivity index (χ2n) is 3.23. The highest BCUT2D eigenvalue weighted by molar-refractivity contribution is 6.12. The summed E-state index contributed by atoms with van der Waals surface area (Å²) in [5.41, 5.74) is -1.84. The van der Waals surface area contributed by atoms with Gasteiger partial charge in [0.25, 0.3) is 5.85 Å². The highest BCUT2D eigenvalue weighted by atomic mass is 19.2. The van der Waals surface area contributed by atoms with Crippen molar-refractivity contribution in [2.75, 3.05) is 6.61 Å². The van der Waals surface area contributed by atoms with Gasteiger partial charge in [0.15, 0.2) is 0 Å². The van der Waals surface area contributed by atoms with Gasteiger partial charge in [0, 0.05) is 0 Å². The minimum atomic E-state index is -2.66. The number of ether oxygens (including phenoxy) is 1. The Hall–Kier alpha value is -0.165. The lowest BCUT2D eigenvalue weighted by Gasteiger charge is -2.28. The van der Waals surface area contributed by atoms with E-state index in [0.29, 0.717) is 0 Å². The Labute approximate surface area is 76.7 Å². The van der Waals surface area contributed by atoms with Gasteiger partial charge in [-0.15, -0.1) is 0 Å². The third-order valence-corrected chi connectivity index (χ3v) is 2.48. The molecule has 0 bridgehead atoms. The molecule has 2 radical (unpaired) electrons. The third-order valence-electron chi connectivity index (χ3n) is 2.48. The van der Waals surface area contributed by atoms with Gasteiger partial charge in [-0.05, 0) is 6.42 Å². The standard InChI is InChI=1S/C7H12BFO4/c1-2-6(12)4(11)7(9,3-10)13-5(6)8/h4-5,10-12H,2-3H2,1H3/t4-,5+,6+,7+/m0/s1. The van der Waals surface area contributed by atoms with E-state index >= 15 is 0 Å². The molecule has 74 valence electrons. The van der Waals surface area contributed by atoms with Crippen LogP contribution in [0.4, 0.5) is 4.39 Å². The molecule has 0 unspecified atom stereocenters. The lowest BCUT2D eigenvalue weighted by atomic mass is 9.78. The van der Waals surface area contributed by atoms with Gasteiger partial charge in [-0.25, -0.2) is 4.39 Å². The average Bonchev–Trinajstić information content (AvgIpc) is 2.29. The van der Waals surface area contributed by atoms with Crippen molar-refractivity contribution in [1.82, 2.24) is 0 Å². The number of aliphatic hydroxyl groups is 3. The van der Waals surface area contributed by atoms with Crippen molar-refractivity contribution in [3.8, 4) is 0 Å². The van der Waals surface area contributed by atoms with Gasteiger partial charge in [0.2, 0.25) is 0 Å². The van der Waals surface area contributed by atoms with E-state index in [9.17, 15) is 14.6 Å². The summed E-state index contributed by atoms with van der Waals surface area (Å²) in [7, 11) is 5.28. The van der Waals surface area contributed by atoms with Crippen molar-refractivity contribution in [2.45, 2.75) is 36.9 Å². The number of rotatable bonds is 2. The second-order valence-corrected chi connectivity index (χ2v) is 3.23. The van der Waals surface area contributed by atoms with Gasteiger partial charge in [-0.1, -0.05) is 6.92 Å². The molecule has 3 N–H and O–H groups in total. The molecule has 0 aromatic heterocycles. The van der Waals surface area contributed by atoms with Crippen LogP contribution >= 0.6 is 0 Å². The fourth-order valence-electron chi connectivity index (χ4n) is 1.42. The van der Waals surface area contributed by atoms with Gasteiger partial charge in [-0.2, -0.15) is 0 Å². The Morgan fingerprint density at radius 2 is 2.15 bits per heavy atom. The number of alkyl halides is 1. The highest BCUT2D eigenvalue weighted by Gasteiger charge is 2.60. The lowest BCUT2D eigenvalue weighted by molar-refractivity contribution is -0.190. The Morgan fingerprint density at radius 1 is 1.62 bits per heavy atom. The molecule has 1 heterocycles. The fraction of sp³-hybridized carbons (Fsp3) is 1.00. The maximum Gasteiger partial charge on any atom is 0.261 e. The molecule has 0 aromatic carbocycles. The summed E-state index contributed by atoms with van der Waals surface area (Å²) in [5, 5.41) is 27.6. The quantitative estimate of drug-likeness (QED) is 0.472. The summed E-state index contributed by atoms with van der Waals surface area (Å²) in [6, 6.07) is -1.33. The second kappa shape index (κ2) is 3.20. The van der Waals surface area contributed by atoms with Gasteiger partial charge < -0.3 is 20.1 Å². The zero-order valence-corrected chi connectivity index (χ0v) is 7.27. The summed E-state index contributed by atoms with van der Waals surface area (Å²) in [6.45, 7) is 0.500. The van der Waals surface area contributed by atoms with Crippen molar-refractivity contribution in [3.05, 3.63) is 0 Å². The first-order valence-electron chi connectivity index (χ1n) is 4.04. The van der Waals surface area contributed by atoms with Crippen LogP contribution < -0.4 is 0 Å². The van der Waals surface area contributed by atoms with E-state index in [1.807, 2.05) is 0 Å². The van der Waals surface area contributed by atoms with Crippen molar-refractivity contribution in [1.29, 1.82) is 0 Å². The average molecular weight is 190 g/mol. The van der Waals surface area contributed by atoms with E-state index < -0.39 is 30.2 Å². The highest BCUT2D eigenvalue weighted by Crippen LogP contribution is 2.39. The normalized spacial score (nSPS) is 51.2. The maximum atomic E-state index is 13.4. The Balaban J connectivity index is 2.93. The van der Waals surface area contributed by atoms with E-state index in [1.54, 1.807) is 0 Å². The molecule has 1 aliphatic heterocycles. The Bertz CT molecular complexity index is 205. The molecule has 0 spiro atoms. The molecule has 1 fully saturated rings. The van der Waals surface area contributed by atoms with Crippen molar-refractivity contribution in [3.63, 3.8) is 0 Å². The molecule has 4 atom stereocenters. The first-order chi connectivity index (χ1) is 5.90. The number of hydrogen-bond donors (Lipinski definition) is 3. The third kappa shape index (κ3) is 1.38. The molecule has 1 rings (SSSR count). The zero-order valence-electron chi connectivity index (χ0n) is 7.27. The summed E-state index contributed by atoms with van der Waals surface area (Å²) < 4.78 is 17.9. The molecule has 6 heteroatoms. The minimum absolute atomic E-state index is 0.0427. The molecule has 0 saturated carbocycles. The van der Waals surface area contributed by atoms with Crippen LogP contribution in [0.3, 0.4) is 0 Å². The molecule has 4 nitrogen and oxygen atoms in total. The molecule has 13 heavy (non-hydrogen) atoms. The van der Waals surface area contributed by atoms with Gasteiger partial charge >= 0.3 is 0 Å². The van der Waals surface area contributed by atoms with Crippen molar-refractivity contribution >= 4 is 7.85 Å². The summed E-state index contributed by atoms with van der Waals surface area (Å²) in [5.74, 6) is -2.66. The van der Waals surface area contributed by atoms with Crippen LogP contribution in [0.15, 0.2) is 0 Å². The van der Waals surface area contributed by atoms with E-state index in [4.69, 9.17) is 13.0 Å². The van der Waals surface area contributed by atoms with Gasteiger partial charge in [0.1, 0.15) is 26.2 Å². The zero-order chi connectivity index (χ0) is 10.3. The van der Waals surface area contributed by atoms with Crippen molar-refractivity contribution < 1.29 is 24.4 Å². The van der Waals surface area contributed by atoms with Crippen LogP contribution in [0.2, 0.25) is 0 Å². The smallest absolute Gasteiger partial charge is 0.261 e. The van der Waals surface area contributed by atoms with Crippen LogP contribution in [0.25, 0.3) is 0 Å². The fourth-order valence-corrected chi connectivity index (χ4v) is 1.42. The monoisotopic (exact) mass is 190 g/mol. The predicted octanol–water partition coefficient (Wildman–Crippen LogP) is -1.33. The summed E-state index contributed by atoms with van der Waals surface area (Å²) in [4.78, 5) is 0. The molecular weight excluding hydrogens is 178 g/mol. The summed E-state index contributed by atoms with van der Waals surface area (Å²) in [6.07, 6.45) is -1.79. The van der Waals surface area contributed by atoms with Crippen LogP contribution in [0.1, 0.15) is 13.3 Å². The molecular formula is C7H12BFO4. The maximum absolute atomic E-state index is 13.4. The Morgan fingerprint density at radius 3 is 2.38 bits per heavy atom. The van der Waals surface area contributed by atoms with Crippen LogP contribution in [0, 0.1) is 0 Å². The van der Waals surface area contributed by atoms with Gasteiger partial charge in [-0.3, -0.25) is 0 Å². The molecule has 0 amide bonds. The molecule has 0 aromatic rings. The summed E-state index contributed by atoms with van der Waals surface area (Å²) >= 11 is 0. The topological polar surface area (TPSA) is 69.9 Å². The number of halogens is 1. The van der Waals surface area contributed by atoms with E-state index in [0.717, 1.165) is 0 Å². The van der Waals surface area contributed by atoms with E-state index in [1.165, 1.54) is 6.92 Å². The number of aliphatic hydroxyl groups excluding tert-OH is 2. The molecule has 1 aliphatic rings. The largest absolute Gasteiger partial charge is 0.390 e. The van der Waals surface area contributed by atoms with E-state index in [2.05, 4.69) is 4.74 Å². The SMILES string of the molecule is [B][C@@H]1O[C@](F)(CO)[C@@H](O)[C@]1(O)CC.